The predicted molar refractivity (Wildman–Crippen MR) is 80.3 cm³/mol. The quantitative estimate of drug-likeness (QED) is 0.819. The Kier molecular flexibility index (Phi) is 4.58. The van der Waals surface area contributed by atoms with Crippen molar-refractivity contribution in [2.45, 2.75) is 36.9 Å². The molecule has 20 heavy (non-hydrogen) atoms. The molecule has 0 bridgehead atoms. The number of thiophene rings is 1. The van der Waals surface area contributed by atoms with E-state index in [0.29, 0.717) is 23.6 Å². The molecular formula is C12H19NO4S3. The highest BCUT2D eigenvalue weighted by Crippen LogP contribution is 2.29. The number of sulfone groups is 1. The zero-order chi connectivity index (χ0) is 15.0. The van der Waals surface area contributed by atoms with Crippen molar-refractivity contribution in [1.29, 1.82) is 0 Å². The van der Waals surface area contributed by atoms with E-state index >= 15 is 0 Å². The molecule has 114 valence electrons. The molecule has 0 N–H and O–H groups in total. The van der Waals surface area contributed by atoms with Gasteiger partial charge in [-0.3, -0.25) is 0 Å². The summed E-state index contributed by atoms with van der Waals surface area (Å²) in [5, 5.41) is 0. The second-order valence-electron chi connectivity index (χ2n) is 5.04. The van der Waals surface area contributed by atoms with Gasteiger partial charge in [-0.15, -0.1) is 11.3 Å². The molecule has 1 aromatic heterocycles. The average Bonchev–Trinajstić information content (AvgIpc) is 2.92. The molecule has 1 aliphatic heterocycles. The minimum Gasteiger partial charge on any atom is -0.229 e. The van der Waals surface area contributed by atoms with Crippen LogP contribution in [0.3, 0.4) is 0 Å². The first-order valence-electron chi connectivity index (χ1n) is 6.55. The van der Waals surface area contributed by atoms with E-state index in [1.807, 2.05) is 13.8 Å². The minimum absolute atomic E-state index is 0.0589. The van der Waals surface area contributed by atoms with Crippen LogP contribution >= 0.6 is 11.3 Å². The Morgan fingerprint density at radius 2 is 2.10 bits per heavy atom. The molecule has 1 fully saturated rings. The molecule has 0 amide bonds. The molecule has 1 saturated heterocycles. The summed E-state index contributed by atoms with van der Waals surface area (Å²) in [4.78, 5) is 0.930. The Balaban J connectivity index is 2.33. The highest BCUT2D eigenvalue weighted by Gasteiger charge is 2.38. The highest BCUT2D eigenvalue weighted by atomic mass is 32.2. The van der Waals surface area contributed by atoms with Crippen LogP contribution in [0.5, 0.6) is 0 Å². The molecule has 2 rings (SSSR count). The third-order valence-corrected chi connectivity index (χ3v) is 8.51. The topological polar surface area (TPSA) is 71.5 Å². The summed E-state index contributed by atoms with van der Waals surface area (Å²) in [6.07, 6.45) is 1.06. The van der Waals surface area contributed by atoms with E-state index in [4.69, 9.17) is 0 Å². The first-order valence-corrected chi connectivity index (χ1v) is 10.6. The number of nitrogens with zero attached hydrogens (tertiary/aromatic N) is 1. The van der Waals surface area contributed by atoms with Crippen LogP contribution in [-0.4, -0.2) is 45.2 Å². The van der Waals surface area contributed by atoms with E-state index in [9.17, 15) is 16.8 Å². The molecule has 0 aliphatic carbocycles. The van der Waals surface area contributed by atoms with Crippen LogP contribution in [-0.2, 0) is 19.9 Å². The van der Waals surface area contributed by atoms with E-state index in [1.54, 1.807) is 12.1 Å². The van der Waals surface area contributed by atoms with Gasteiger partial charge in [0.25, 0.3) is 10.0 Å². The summed E-state index contributed by atoms with van der Waals surface area (Å²) < 4.78 is 50.2. The van der Waals surface area contributed by atoms with Crippen LogP contribution in [0.15, 0.2) is 16.3 Å². The summed E-state index contributed by atoms with van der Waals surface area (Å²) in [5.74, 6) is 0.0213. The summed E-state index contributed by atoms with van der Waals surface area (Å²) in [7, 11) is -6.69. The monoisotopic (exact) mass is 337 g/mol. The summed E-state index contributed by atoms with van der Waals surface area (Å²) in [5.41, 5.74) is 0. The third-order valence-electron chi connectivity index (χ3n) is 3.34. The van der Waals surface area contributed by atoms with Gasteiger partial charge in [-0.1, -0.05) is 6.92 Å². The number of aryl methyl sites for hydroxylation is 1. The van der Waals surface area contributed by atoms with Crippen LogP contribution in [0.1, 0.15) is 24.6 Å². The van der Waals surface area contributed by atoms with Crippen molar-refractivity contribution in [2.24, 2.45) is 0 Å². The molecule has 5 nitrogen and oxygen atoms in total. The van der Waals surface area contributed by atoms with Gasteiger partial charge in [0, 0.05) is 17.5 Å². The Morgan fingerprint density at radius 3 is 2.55 bits per heavy atom. The molecule has 0 aromatic carbocycles. The molecule has 1 aliphatic rings. The number of hydrogen-bond donors (Lipinski definition) is 0. The molecular weight excluding hydrogens is 318 g/mol. The van der Waals surface area contributed by atoms with Gasteiger partial charge in [-0.25, -0.2) is 16.8 Å². The van der Waals surface area contributed by atoms with Crippen LogP contribution in [0.4, 0.5) is 0 Å². The van der Waals surface area contributed by atoms with Crippen molar-refractivity contribution in [1.82, 2.24) is 4.31 Å². The van der Waals surface area contributed by atoms with E-state index in [2.05, 4.69) is 0 Å². The number of sulfonamides is 1. The zero-order valence-electron chi connectivity index (χ0n) is 11.6. The SMILES string of the molecule is CCCN([C@@H]1CCS(=O)(=O)C1)S(=O)(=O)c1ccc(C)s1. The lowest BCUT2D eigenvalue weighted by Gasteiger charge is -2.26. The molecule has 2 heterocycles. The van der Waals surface area contributed by atoms with Crippen molar-refractivity contribution in [3.05, 3.63) is 17.0 Å². The maximum absolute atomic E-state index is 12.7. The lowest BCUT2D eigenvalue weighted by atomic mass is 10.2. The standard InChI is InChI=1S/C12H19NO4S3/c1-3-7-13(11-6-8-19(14,15)9-11)20(16,17)12-5-4-10(2)18-12/h4-5,11H,3,6-9H2,1-2H3/t11-/m1/s1. The number of hydrogen-bond acceptors (Lipinski definition) is 5. The fraction of sp³-hybridized carbons (Fsp3) is 0.667. The van der Waals surface area contributed by atoms with Crippen LogP contribution in [0, 0.1) is 6.92 Å². The largest absolute Gasteiger partial charge is 0.252 e. The predicted octanol–water partition coefficient (Wildman–Crippen LogP) is 1.64. The lowest BCUT2D eigenvalue weighted by molar-refractivity contribution is 0.341. The maximum atomic E-state index is 12.7. The lowest BCUT2D eigenvalue weighted by Crippen LogP contribution is -2.41. The van der Waals surface area contributed by atoms with E-state index < -0.39 is 25.9 Å². The Hall–Kier alpha value is -0.440. The van der Waals surface area contributed by atoms with Crippen LogP contribution in [0.2, 0.25) is 0 Å². The van der Waals surface area contributed by atoms with Gasteiger partial charge in [-0.05, 0) is 31.9 Å². The zero-order valence-corrected chi connectivity index (χ0v) is 14.0. The van der Waals surface area contributed by atoms with Crippen LogP contribution in [0.25, 0.3) is 0 Å². The van der Waals surface area contributed by atoms with Gasteiger partial charge < -0.3 is 0 Å². The molecule has 1 atom stereocenters. The van der Waals surface area contributed by atoms with Gasteiger partial charge in [0.1, 0.15) is 4.21 Å². The summed E-state index contributed by atoms with van der Waals surface area (Å²) >= 11 is 1.23. The second kappa shape index (κ2) is 5.75. The van der Waals surface area contributed by atoms with Crippen molar-refractivity contribution >= 4 is 31.2 Å². The fourth-order valence-electron chi connectivity index (χ4n) is 2.39. The van der Waals surface area contributed by atoms with Gasteiger partial charge in [0.15, 0.2) is 9.84 Å². The summed E-state index contributed by atoms with van der Waals surface area (Å²) in [6.45, 7) is 4.11. The first-order chi connectivity index (χ1) is 9.26. The third kappa shape index (κ3) is 3.24. The second-order valence-corrected chi connectivity index (χ2v) is 10.7. The smallest absolute Gasteiger partial charge is 0.229 e. The van der Waals surface area contributed by atoms with Crippen molar-refractivity contribution in [2.75, 3.05) is 18.1 Å². The van der Waals surface area contributed by atoms with E-state index in [-0.39, 0.29) is 11.5 Å². The maximum Gasteiger partial charge on any atom is 0.252 e. The average molecular weight is 337 g/mol. The van der Waals surface area contributed by atoms with Crippen molar-refractivity contribution < 1.29 is 16.8 Å². The molecule has 0 spiro atoms. The van der Waals surface area contributed by atoms with Gasteiger partial charge in [-0.2, -0.15) is 4.31 Å². The molecule has 8 heteroatoms. The Labute approximate surface area is 124 Å². The molecule has 0 unspecified atom stereocenters. The molecule has 0 radical (unpaired) electrons. The van der Waals surface area contributed by atoms with Gasteiger partial charge in [0.2, 0.25) is 0 Å². The van der Waals surface area contributed by atoms with Crippen LogP contribution < -0.4 is 0 Å². The normalized spacial score (nSPS) is 22.4. The highest BCUT2D eigenvalue weighted by molar-refractivity contribution is 7.92. The number of rotatable bonds is 5. The fourth-order valence-corrected chi connectivity index (χ4v) is 7.37. The first kappa shape index (κ1) is 15.9. The van der Waals surface area contributed by atoms with Gasteiger partial charge >= 0.3 is 0 Å². The van der Waals surface area contributed by atoms with Gasteiger partial charge in [0.05, 0.1) is 11.5 Å². The van der Waals surface area contributed by atoms with Crippen molar-refractivity contribution in [3.8, 4) is 0 Å². The Morgan fingerprint density at radius 1 is 1.40 bits per heavy atom. The molecule has 0 saturated carbocycles. The van der Waals surface area contributed by atoms with Crippen molar-refractivity contribution in [3.63, 3.8) is 0 Å². The Bertz CT molecular complexity index is 675. The summed E-state index contributed by atoms with van der Waals surface area (Å²) in [6, 6.07) is 2.95. The molecule has 1 aromatic rings. The van der Waals surface area contributed by atoms with E-state index in [0.717, 1.165) is 4.88 Å². The van der Waals surface area contributed by atoms with E-state index in [1.165, 1.54) is 15.6 Å². The minimum atomic E-state index is -3.59.